The summed E-state index contributed by atoms with van der Waals surface area (Å²) >= 11 is 6.16. The van der Waals surface area contributed by atoms with Gasteiger partial charge in [-0.2, -0.15) is 0 Å². The molecule has 0 unspecified atom stereocenters. The average Bonchev–Trinajstić information content (AvgIpc) is 2.65. The van der Waals surface area contributed by atoms with E-state index in [9.17, 15) is 14.9 Å². The van der Waals surface area contributed by atoms with E-state index in [1.54, 1.807) is 19.2 Å². The summed E-state index contributed by atoms with van der Waals surface area (Å²) in [7, 11) is 2.95. The minimum absolute atomic E-state index is 0.0158. The van der Waals surface area contributed by atoms with E-state index in [0.717, 1.165) is 5.56 Å². The highest BCUT2D eigenvalue weighted by atomic mass is 35.5. The van der Waals surface area contributed by atoms with Crippen LogP contribution in [0.2, 0.25) is 5.15 Å². The first-order valence-corrected chi connectivity index (χ1v) is 8.35. The maximum absolute atomic E-state index is 11.4. The van der Waals surface area contributed by atoms with Crippen LogP contribution in [0.25, 0.3) is 0 Å². The van der Waals surface area contributed by atoms with Crippen LogP contribution in [0.3, 0.4) is 0 Å². The molecule has 0 radical (unpaired) electrons. The highest BCUT2D eigenvalue weighted by Crippen LogP contribution is 2.23. The van der Waals surface area contributed by atoms with Gasteiger partial charge in [0.15, 0.2) is 0 Å². The molecule has 0 atom stereocenters. The first-order chi connectivity index (χ1) is 12.4. The van der Waals surface area contributed by atoms with Crippen molar-refractivity contribution in [1.29, 1.82) is 0 Å². The molecule has 0 saturated carbocycles. The Kier molecular flexibility index (Phi) is 8.44. The quantitative estimate of drug-likeness (QED) is 0.354. The van der Waals surface area contributed by atoms with Crippen molar-refractivity contribution in [3.8, 4) is 0 Å². The number of anilines is 1. The van der Waals surface area contributed by atoms with Gasteiger partial charge >= 0.3 is 5.97 Å². The Morgan fingerprint density at radius 2 is 1.88 bits per heavy atom. The zero-order valence-electron chi connectivity index (χ0n) is 15.1. The largest absolute Gasteiger partial charge is 0.469 e. The predicted octanol–water partition coefficient (Wildman–Crippen LogP) is 3.41. The molecule has 0 aliphatic heterocycles. The van der Waals surface area contributed by atoms with E-state index in [0.29, 0.717) is 23.6 Å². The highest BCUT2D eigenvalue weighted by molar-refractivity contribution is 6.30. The van der Waals surface area contributed by atoms with Crippen LogP contribution in [-0.4, -0.2) is 35.0 Å². The first kappa shape index (κ1) is 21.3. The molecule has 1 aromatic heterocycles. The lowest BCUT2D eigenvalue weighted by Crippen LogP contribution is -2.11. The van der Waals surface area contributed by atoms with Gasteiger partial charge in [-0.05, 0) is 5.56 Å². The van der Waals surface area contributed by atoms with E-state index in [1.807, 2.05) is 13.8 Å². The van der Waals surface area contributed by atoms with Crippen molar-refractivity contribution in [2.24, 2.45) is 0 Å². The van der Waals surface area contributed by atoms with Crippen molar-refractivity contribution < 1.29 is 14.5 Å². The lowest BCUT2D eigenvalue weighted by Gasteiger charge is -2.11. The molecule has 1 N–H and O–H groups in total. The topological polar surface area (TPSA) is 107 Å². The number of esters is 1. The molecule has 8 nitrogen and oxygen atoms in total. The Bertz CT molecular complexity index is 766. The molecular formula is C17H21ClN4O4. The third kappa shape index (κ3) is 5.66. The van der Waals surface area contributed by atoms with Crippen LogP contribution < -0.4 is 5.32 Å². The minimum atomic E-state index is -0.460. The van der Waals surface area contributed by atoms with Crippen molar-refractivity contribution in [3.05, 3.63) is 56.5 Å². The second kappa shape index (κ2) is 10.3. The molecule has 1 aromatic carbocycles. The number of carbonyl (C=O) groups excluding carboxylic acids is 1. The Morgan fingerprint density at radius 3 is 2.38 bits per heavy atom. The van der Waals surface area contributed by atoms with Gasteiger partial charge < -0.3 is 10.1 Å². The number of benzene rings is 1. The monoisotopic (exact) mass is 380 g/mol. The van der Waals surface area contributed by atoms with Crippen molar-refractivity contribution in [2.45, 2.75) is 26.7 Å². The summed E-state index contributed by atoms with van der Waals surface area (Å²) in [5.74, 6) is 0.434. The molecule has 0 aliphatic carbocycles. The summed E-state index contributed by atoms with van der Waals surface area (Å²) in [6, 6.07) is 6.11. The zero-order valence-corrected chi connectivity index (χ0v) is 15.8. The smallest absolute Gasteiger partial charge is 0.310 e. The third-order valence-electron chi connectivity index (χ3n) is 3.30. The number of nitro benzene ring substituents is 1. The average molecular weight is 381 g/mol. The number of methoxy groups -OCH3 is 1. The van der Waals surface area contributed by atoms with E-state index in [2.05, 4.69) is 20.0 Å². The second-order valence-electron chi connectivity index (χ2n) is 4.86. The fourth-order valence-electron chi connectivity index (χ4n) is 2.08. The van der Waals surface area contributed by atoms with Crippen LogP contribution >= 0.6 is 11.6 Å². The van der Waals surface area contributed by atoms with Gasteiger partial charge in [-0.15, -0.1) is 0 Å². The van der Waals surface area contributed by atoms with E-state index in [1.165, 1.54) is 19.2 Å². The van der Waals surface area contributed by atoms with Gasteiger partial charge in [-0.1, -0.05) is 37.6 Å². The number of hydrogen-bond acceptors (Lipinski definition) is 7. The summed E-state index contributed by atoms with van der Waals surface area (Å²) in [5, 5.41) is 13.7. The zero-order chi connectivity index (χ0) is 19.7. The van der Waals surface area contributed by atoms with Crippen molar-refractivity contribution in [3.63, 3.8) is 0 Å². The number of nitrogens with one attached hydrogen (secondary N) is 1. The molecular weight excluding hydrogens is 360 g/mol. The van der Waals surface area contributed by atoms with Crippen LogP contribution in [0, 0.1) is 10.1 Å². The number of nitro groups is 1. The van der Waals surface area contributed by atoms with Crippen molar-refractivity contribution >= 4 is 29.1 Å². The molecule has 9 heteroatoms. The van der Waals surface area contributed by atoms with E-state index >= 15 is 0 Å². The fourth-order valence-corrected chi connectivity index (χ4v) is 2.33. The fraction of sp³-hybridized carbons (Fsp3) is 0.353. The third-order valence-corrected chi connectivity index (χ3v) is 3.61. The number of nitrogens with zero attached hydrogens (tertiary/aromatic N) is 3. The molecule has 0 saturated heterocycles. The number of carbonyl (C=O) groups is 1. The van der Waals surface area contributed by atoms with Gasteiger partial charge in [0.25, 0.3) is 5.69 Å². The maximum Gasteiger partial charge on any atom is 0.310 e. The number of aromatic nitrogens is 2. The van der Waals surface area contributed by atoms with Gasteiger partial charge in [0.2, 0.25) is 0 Å². The number of halogens is 1. The summed E-state index contributed by atoms with van der Waals surface area (Å²) < 4.78 is 4.63. The Labute approximate surface area is 156 Å². The van der Waals surface area contributed by atoms with E-state index in [4.69, 9.17) is 11.6 Å². The summed E-state index contributed by atoms with van der Waals surface area (Å²) in [6.45, 7) is 4.00. The number of rotatable bonds is 6. The SMILES string of the molecule is CC.CNc1nc(Cc2ccc([N+](=O)[O-])cc2)nc(Cl)c1CC(=O)OC. The molecule has 0 amide bonds. The minimum Gasteiger partial charge on any atom is -0.469 e. The lowest BCUT2D eigenvalue weighted by molar-refractivity contribution is -0.384. The lowest BCUT2D eigenvalue weighted by atomic mass is 10.1. The molecule has 2 rings (SSSR count). The molecule has 0 fully saturated rings. The van der Waals surface area contributed by atoms with Gasteiger partial charge in [0.1, 0.15) is 16.8 Å². The van der Waals surface area contributed by atoms with E-state index in [-0.39, 0.29) is 17.3 Å². The highest BCUT2D eigenvalue weighted by Gasteiger charge is 2.16. The van der Waals surface area contributed by atoms with Crippen molar-refractivity contribution in [1.82, 2.24) is 9.97 Å². The normalized spacial score (nSPS) is 9.73. The molecule has 1 heterocycles. The summed E-state index contributed by atoms with van der Waals surface area (Å²) in [5.41, 5.74) is 1.28. The first-order valence-electron chi connectivity index (χ1n) is 7.97. The Balaban J connectivity index is 0.00000163. The standard InChI is InChI=1S/C15H15ClN4O4.C2H6/c1-17-15-11(8-13(21)24-2)14(16)18-12(19-15)7-9-3-5-10(6-4-9)20(22)23;1-2/h3-6H,7-8H2,1-2H3,(H,17,18,19);1-2H3. The molecule has 0 spiro atoms. The summed E-state index contributed by atoms with van der Waals surface area (Å²) in [6.07, 6.45) is 0.314. The Morgan fingerprint density at radius 1 is 1.27 bits per heavy atom. The number of non-ortho nitro benzene ring substituents is 1. The van der Waals surface area contributed by atoms with Crippen molar-refractivity contribution in [2.75, 3.05) is 19.5 Å². The van der Waals surface area contributed by atoms with Gasteiger partial charge in [0.05, 0.1) is 18.5 Å². The van der Waals surface area contributed by atoms with E-state index < -0.39 is 10.9 Å². The van der Waals surface area contributed by atoms with Crippen LogP contribution in [0.1, 0.15) is 30.8 Å². The summed E-state index contributed by atoms with van der Waals surface area (Å²) in [4.78, 5) is 30.2. The molecule has 26 heavy (non-hydrogen) atoms. The second-order valence-corrected chi connectivity index (χ2v) is 5.22. The Hall–Kier alpha value is -2.74. The molecule has 0 bridgehead atoms. The van der Waals surface area contributed by atoms with Crippen LogP contribution in [0.5, 0.6) is 0 Å². The molecule has 2 aromatic rings. The van der Waals surface area contributed by atoms with Gasteiger partial charge in [-0.3, -0.25) is 14.9 Å². The van der Waals surface area contributed by atoms with Crippen LogP contribution in [-0.2, 0) is 22.4 Å². The molecule has 0 aliphatic rings. The maximum atomic E-state index is 11.4. The van der Waals surface area contributed by atoms with Gasteiger partial charge in [-0.25, -0.2) is 9.97 Å². The molecule has 140 valence electrons. The number of ether oxygens (including phenoxy) is 1. The van der Waals surface area contributed by atoms with Gasteiger partial charge in [0, 0.05) is 31.2 Å². The van der Waals surface area contributed by atoms with Crippen LogP contribution in [0.15, 0.2) is 24.3 Å². The number of hydrogen-bond donors (Lipinski definition) is 1. The predicted molar refractivity (Wildman–Crippen MR) is 99.6 cm³/mol. The van der Waals surface area contributed by atoms with Crippen LogP contribution in [0.4, 0.5) is 11.5 Å².